The van der Waals surface area contributed by atoms with Gasteiger partial charge in [-0.1, -0.05) is 19.9 Å². The van der Waals surface area contributed by atoms with Crippen molar-refractivity contribution in [3.05, 3.63) is 46.8 Å². The summed E-state index contributed by atoms with van der Waals surface area (Å²) in [6.45, 7) is 8.56. The minimum Gasteiger partial charge on any atom is -0.350 e. The molecule has 0 atom stereocenters. The van der Waals surface area contributed by atoms with Crippen LogP contribution in [-0.4, -0.2) is 28.1 Å². The summed E-state index contributed by atoms with van der Waals surface area (Å²) in [6.07, 6.45) is 1.49. The second kappa shape index (κ2) is 7.29. The van der Waals surface area contributed by atoms with Gasteiger partial charge >= 0.3 is 0 Å². The molecule has 6 nitrogen and oxygen atoms in total. The van der Waals surface area contributed by atoms with Gasteiger partial charge in [-0.3, -0.25) is 14.3 Å². The Bertz CT molecular complexity index is 762. The monoisotopic (exact) mass is 328 g/mol. The van der Waals surface area contributed by atoms with Crippen LogP contribution in [0.2, 0.25) is 0 Å². The summed E-state index contributed by atoms with van der Waals surface area (Å²) >= 11 is 0. The topological polar surface area (TPSA) is 76.0 Å². The van der Waals surface area contributed by atoms with E-state index in [1.165, 1.54) is 10.9 Å². The summed E-state index contributed by atoms with van der Waals surface area (Å²) in [6, 6.07) is 5.51. The van der Waals surface area contributed by atoms with Crippen LogP contribution in [0, 0.1) is 19.8 Å². The molecule has 1 aromatic heterocycles. The van der Waals surface area contributed by atoms with Crippen molar-refractivity contribution in [3.63, 3.8) is 0 Å². The molecule has 1 aromatic carbocycles. The molecular formula is C18H24N4O2. The van der Waals surface area contributed by atoms with E-state index in [4.69, 9.17) is 0 Å². The van der Waals surface area contributed by atoms with E-state index in [0.717, 1.165) is 11.1 Å². The maximum Gasteiger partial charge on any atom is 0.271 e. The number of aryl methyl sites for hydroxylation is 3. The van der Waals surface area contributed by atoms with Gasteiger partial charge in [-0.2, -0.15) is 5.10 Å². The fourth-order valence-electron chi connectivity index (χ4n) is 2.26. The van der Waals surface area contributed by atoms with Crippen LogP contribution in [0.25, 0.3) is 0 Å². The highest BCUT2D eigenvalue weighted by atomic mass is 16.2. The molecule has 0 aliphatic carbocycles. The number of benzene rings is 1. The van der Waals surface area contributed by atoms with E-state index in [2.05, 4.69) is 15.7 Å². The smallest absolute Gasteiger partial charge is 0.271 e. The van der Waals surface area contributed by atoms with Crippen LogP contribution in [0.1, 0.15) is 45.8 Å². The summed E-state index contributed by atoms with van der Waals surface area (Å²) in [5.74, 6) is -0.168. The molecule has 2 aromatic rings. The summed E-state index contributed by atoms with van der Waals surface area (Å²) in [4.78, 5) is 24.8. The van der Waals surface area contributed by atoms with Crippen molar-refractivity contribution in [1.82, 2.24) is 15.1 Å². The van der Waals surface area contributed by atoms with Crippen molar-refractivity contribution in [3.8, 4) is 0 Å². The van der Waals surface area contributed by atoms with Crippen molar-refractivity contribution in [1.29, 1.82) is 0 Å². The van der Waals surface area contributed by atoms with Gasteiger partial charge in [0.05, 0.1) is 11.9 Å². The maximum absolute atomic E-state index is 12.4. The Balaban J connectivity index is 2.19. The fraction of sp³-hybridized carbons (Fsp3) is 0.389. The van der Waals surface area contributed by atoms with Crippen molar-refractivity contribution >= 4 is 17.5 Å². The molecule has 0 unspecified atom stereocenters. The lowest BCUT2D eigenvalue weighted by molar-refractivity contribution is 0.0940. The third-order valence-corrected chi connectivity index (χ3v) is 3.84. The Kier molecular flexibility index (Phi) is 5.39. The van der Waals surface area contributed by atoms with Crippen LogP contribution in [0.4, 0.5) is 5.69 Å². The van der Waals surface area contributed by atoms with Crippen molar-refractivity contribution in [2.45, 2.75) is 27.7 Å². The molecule has 0 saturated carbocycles. The standard InChI is InChI=1S/C18H24N4O2/c1-11(2)9-19-18(24)16-15(10-20-22(16)5)21-17(23)14-7-6-12(3)13(4)8-14/h6-8,10-11H,9H2,1-5H3,(H,19,24)(H,21,23). The maximum atomic E-state index is 12.4. The number of nitrogens with one attached hydrogen (secondary N) is 2. The molecule has 2 N–H and O–H groups in total. The molecular weight excluding hydrogens is 304 g/mol. The highest BCUT2D eigenvalue weighted by Gasteiger charge is 2.19. The molecule has 0 spiro atoms. The van der Waals surface area contributed by atoms with E-state index in [1.54, 1.807) is 13.1 Å². The third-order valence-electron chi connectivity index (χ3n) is 3.84. The number of hydrogen-bond acceptors (Lipinski definition) is 3. The molecule has 0 fully saturated rings. The first kappa shape index (κ1) is 17.7. The Morgan fingerprint density at radius 1 is 1.17 bits per heavy atom. The number of rotatable bonds is 5. The lowest BCUT2D eigenvalue weighted by Crippen LogP contribution is -2.30. The minimum atomic E-state index is -0.260. The van der Waals surface area contributed by atoms with E-state index in [9.17, 15) is 9.59 Å². The Labute approximate surface area is 142 Å². The Morgan fingerprint density at radius 3 is 2.50 bits per heavy atom. The predicted octanol–water partition coefficient (Wildman–Crippen LogP) is 2.68. The van der Waals surface area contributed by atoms with Gasteiger partial charge in [0, 0.05) is 19.2 Å². The summed E-state index contributed by atoms with van der Waals surface area (Å²) in [5, 5.41) is 9.71. The molecule has 0 aliphatic heterocycles. The van der Waals surface area contributed by atoms with Crippen molar-refractivity contribution < 1.29 is 9.59 Å². The predicted molar refractivity (Wildman–Crippen MR) is 94.2 cm³/mol. The van der Waals surface area contributed by atoms with E-state index in [-0.39, 0.29) is 11.8 Å². The Morgan fingerprint density at radius 2 is 1.88 bits per heavy atom. The van der Waals surface area contributed by atoms with Crippen molar-refractivity contribution in [2.75, 3.05) is 11.9 Å². The number of aromatic nitrogens is 2. The Hall–Kier alpha value is -2.63. The van der Waals surface area contributed by atoms with Gasteiger partial charge in [-0.15, -0.1) is 0 Å². The van der Waals surface area contributed by atoms with Gasteiger partial charge in [-0.05, 0) is 43.0 Å². The molecule has 0 radical (unpaired) electrons. The molecule has 0 bridgehead atoms. The lowest BCUT2D eigenvalue weighted by atomic mass is 10.1. The molecule has 0 aliphatic rings. The highest BCUT2D eigenvalue weighted by Crippen LogP contribution is 2.17. The first-order valence-electron chi connectivity index (χ1n) is 7.98. The normalized spacial score (nSPS) is 10.8. The van der Waals surface area contributed by atoms with E-state index in [1.807, 2.05) is 39.8 Å². The van der Waals surface area contributed by atoms with Gasteiger partial charge in [-0.25, -0.2) is 0 Å². The van der Waals surface area contributed by atoms with Crippen LogP contribution >= 0.6 is 0 Å². The van der Waals surface area contributed by atoms with Crippen LogP contribution in [0.5, 0.6) is 0 Å². The molecule has 2 rings (SSSR count). The second-order valence-electron chi connectivity index (χ2n) is 6.39. The fourth-order valence-corrected chi connectivity index (χ4v) is 2.26. The number of nitrogens with zero attached hydrogens (tertiary/aromatic N) is 2. The molecule has 6 heteroatoms. The van der Waals surface area contributed by atoms with Gasteiger partial charge < -0.3 is 10.6 Å². The third kappa shape index (κ3) is 4.01. The quantitative estimate of drug-likeness (QED) is 0.886. The van der Waals surface area contributed by atoms with Gasteiger partial charge in [0.1, 0.15) is 5.69 Å². The van der Waals surface area contributed by atoms with Crippen LogP contribution in [0.3, 0.4) is 0 Å². The summed E-state index contributed by atoms with van der Waals surface area (Å²) in [5.41, 5.74) is 3.47. The number of amides is 2. The zero-order chi connectivity index (χ0) is 17.9. The molecule has 24 heavy (non-hydrogen) atoms. The molecule has 0 saturated heterocycles. The van der Waals surface area contributed by atoms with E-state index >= 15 is 0 Å². The van der Waals surface area contributed by atoms with Crippen LogP contribution < -0.4 is 10.6 Å². The largest absolute Gasteiger partial charge is 0.350 e. The number of hydrogen-bond donors (Lipinski definition) is 2. The second-order valence-corrected chi connectivity index (χ2v) is 6.39. The highest BCUT2D eigenvalue weighted by molar-refractivity contribution is 6.08. The number of anilines is 1. The number of carbonyl (C=O) groups is 2. The first-order valence-corrected chi connectivity index (χ1v) is 7.98. The average Bonchev–Trinajstić information content (AvgIpc) is 2.88. The molecule has 1 heterocycles. The lowest BCUT2D eigenvalue weighted by Gasteiger charge is -2.11. The summed E-state index contributed by atoms with van der Waals surface area (Å²) < 4.78 is 1.46. The van der Waals surface area contributed by atoms with E-state index < -0.39 is 0 Å². The molecule has 2 amide bonds. The summed E-state index contributed by atoms with van der Waals surface area (Å²) in [7, 11) is 1.68. The molecule has 128 valence electrons. The zero-order valence-electron chi connectivity index (χ0n) is 14.8. The van der Waals surface area contributed by atoms with Crippen LogP contribution in [0.15, 0.2) is 24.4 Å². The zero-order valence-corrected chi connectivity index (χ0v) is 14.8. The number of carbonyl (C=O) groups excluding carboxylic acids is 2. The SMILES string of the molecule is Cc1ccc(C(=O)Nc2cnn(C)c2C(=O)NCC(C)C)cc1C. The van der Waals surface area contributed by atoms with Crippen LogP contribution in [-0.2, 0) is 7.05 Å². The van der Waals surface area contributed by atoms with Gasteiger partial charge in [0.25, 0.3) is 11.8 Å². The average molecular weight is 328 g/mol. The first-order chi connectivity index (χ1) is 11.3. The minimum absolute atomic E-state index is 0.251. The van der Waals surface area contributed by atoms with Gasteiger partial charge in [0.15, 0.2) is 0 Å². The van der Waals surface area contributed by atoms with Crippen molar-refractivity contribution in [2.24, 2.45) is 13.0 Å². The van der Waals surface area contributed by atoms with E-state index in [0.29, 0.717) is 29.4 Å². The van der Waals surface area contributed by atoms with Gasteiger partial charge in [0.2, 0.25) is 0 Å².